The van der Waals surface area contributed by atoms with Crippen molar-refractivity contribution in [3.63, 3.8) is 0 Å². The fourth-order valence-electron chi connectivity index (χ4n) is 2.36. The lowest BCUT2D eigenvalue weighted by Gasteiger charge is -2.17. The van der Waals surface area contributed by atoms with Crippen LogP contribution in [0.15, 0.2) is 59.5 Å². The largest absolute Gasteiger partial charge is 0.353 e. The number of carbonyl (C=O) groups is 1. The van der Waals surface area contributed by atoms with E-state index in [1.54, 1.807) is 12.1 Å². The fraction of sp³-hybridized carbons (Fsp3) is 0.316. The van der Waals surface area contributed by atoms with Gasteiger partial charge >= 0.3 is 0 Å². The zero-order valence-corrected chi connectivity index (χ0v) is 15.2. The molecule has 0 aliphatic carbocycles. The minimum atomic E-state index is -0.432. The zero-order chi connectivity index (χ0) is 18.2. The molecule has 0 bridgehead atoms. The second-order valence-corrected chi connectivity index (χ2v) is 7.36. The molecule has 2 atom stereocenters. The van der Waals surface area contributed by atoms with Crippen LogP contribution in [0.4, 0.5) is 5.69 Å². The number of benzene rings is 2. The van der Waals surface area contributed by atoms with Crippen LogP contribution in [0.1, 0.15) is 25.8 Å². The van der Waals surface area contributed by atoms with Crippen LogP contribution in [-0.2, 0) is 11.2 Å². The summed E-state index contributed by atoms with van der Waals surface area (Å²) in [4.78, 5) is 23.4. The van der Waals surface area contributed by atoms with Crippen LogP contribution >= 0.6 is 11.8 Å². The Hall–Kier alpha value is -2.34. The third-order valence-electron chi connectivity index (χ3n) is 3.83. The van der Waals surface area contributed by atoms with Crippen molar-refractivity contribution in [2.45, 2.75) is 42.9 Å². The number of aryl methyl sites for hydroxylation is 1. The standard InChI is InChI=1S/C19H22N2O3S/c1-14(8-9-16-6-4-3-5-7-16)20-19(22)15(2)25-18-12-10-17(11-13-18)21(23)24/h3-7,10-15H,8-9H2,1-2H3,(H,20,22). The van der Waals surface area contributed by atoms with Crippen molar-refractivity contribution in [3.05, 3.63) is 70.3 Å². The summed E-state index contributed by atoms with van der Waals surface area (Å²) in [7, 11) is 0. The van der Waals surface area contributed by atoms with Gasteiger partial charge in [0.15, 0.2) is 0 Å². The van der Waals surface area contributed by atoms with Crippen LogP contribution in [-0.4, -0.2) is 22.1 Å². The van der Waals surface area contributed by atoms with Crippen molar-refractivity contribution < 1.29 is 9.72 Å². The number of hydrogen-bond donors (Lipinski definition) is 1. The maximum atomic E-state index is 12.3. The monoisotopic (exact) mass is 358 g/mol. The number of hydrogen-bond acceptors (Lipinski definition) is 4. The predicted octanol–water partition coefficient (Wildman–Crippen LogP) is 4.21. The van der Waals surface area contributed by atoms with E-state index in [9.17, 15) is 14.9 Å². The number of nitrogens with zero attached hydrogens (tertiary/aromatic N) is 1. The van der Waals surface area contributed by atoms with E-state index in [1.165, 1.54) is 29.5 Å². The van der Waals surface area contributed by atoms with Crippen molar-refractivity contribution in [2.75, 3.05) is 0 Å². The zero-order valence-electron chi connectivity index (χ0n) is 14.3. The molecule has 0 radical (unpaired) electrons. The van der Waals surface area contributed by atoms with E-state index in [0.717, 1.165) is 17.7 Å². The molecule has 2 aromatic rings. The topological polar surface area (TPSA) is 72.2 Å². The first-order chi connectivity index (χ1) is 12.0. The molecule has 6 heteroatoms. The van der Waals surface area contributed by atoms with E-state index in [1.807, 2.05) is 32.0 Å². The van der Waals surface area contributed by atoms with Crippen molar-refractivity contribution in [1.29, 1.82) is 0 Å². The molecule has 5 nitrogen and oxygen atoms in total. The van der Waals surface area contributed by atoms with Crippen molar-refractivity contribution in [3.8, 4) is 0 Å². The Labute approximate surface area is 152 Å². The quantitative estimate of drug-likeness (QED) is 0.436. The Morgan fingerprint density at radius 3 is 2.36 bits per heavy atom. The van der Waals surface area contributed by atoms with E-state index in [4.69, 9.17) is 0 Å². The minimum absolute atomic E-state index is 0.0242. The fourth-order valence-corrected chi connectivity index (χ4v) is 3.24. The van der Waals surface area contributed by atoms with Crippen LogP contribution in [0.5, 0.6) is 0 Å². The molecule has 0 aliphatic rings. The van der Waals surface area contributed by atoms with Gasteiger partial charge in [-0.3, -0.25) is 14.9 Å². The highest BCUT2D eigenvalue weighted by atomic mass is 32.2. The number of nitro groups is 1. The van der Waals surface area contributed by atoms with Gasteiger partial charge in [0.1, 0.15) is 0 Å². The number of rotatable bonds is 8. The van der Waals surface area contributed by atoms with Crippen LogP contribution in [0.25, 0.3) is 0 Å². The first-order valence-electron chi connectivity index (χ1n) is 8.21. The third-order valence-corrected chi connectivity index (χ3v) is 4.94. The smallest absolute Gasteiger partial charge is 0.269 e. The number of nitrogens with one attached hydrogen (secondary N) is 1. The molecule has 0 fully saturated rings. The highest BCUT2D eigenvalue weighted by molar-refractivity contribution is 8.00. The molecule has 0 saturated heterocycles. The first-order valence-corrected chi connectivity index (χ1v) is 9.09. The summed E-state index contributed by atoms with van der Waals surface area (Å²) in [6.07, 6.45) is 1.80. The number of amides is 1. The van der Waals surface area contributed by atoms with E-state index in [0.29, 0.717) is 0 Å². The molecule has 0 aromatic heterocycles. The van der Waals surface area contributed by atoms with E-state index in [2.05, 4.69) is 17.4 Å². The highest BCUT2D eigenvalue weighted by Gasteiger charge is 2.17. The van der Waals surface area contributed by atoms with Gasteiger partial charge in [-0.05, 0) is 44.4 Å². The molecule has 2 aromatic carbocycles. The maximum absolute atomic E-state index is 12.3. The molecular formula is C19H22N2O3S. The van der Waals surface area contributed by atoms with Crippen LogP contribution in [0.3, 0.4) is 0 Å². The average Bonchev–Trinajstić information content (AvgIpc) is 2.61. The second kappa shape index (κ2) is 9.22. The second-order valence-electron chi connectivity index (χ2n) is 5.95. The first kappa shape index (κ1) is 19.0. The Morgan fingerprint density at radius 1 is 1.12 bits per heavy atom. The molecule has 0 spiro atoms. The van der Waals surface area contributed by atoms with Gasteiger partial charge < -0.3 is 5.32 Å². The summed E-state index contributed by atoms with van der Waals surface area (Å²) in [5.41, 5.74) is 1.31. The number of non-ortho nitro benzene ring substituents is 1. The Morgan fingerprint density at radius 2 is 1.76 bits per heavy atom. The van der Waals surface area contributed by atoms with Gasteiger partial charge in [0, 0.05) is 23.1 Å². The predicted molar refractivity (Wildman–Crippen MR) is 101 cm³/mol. The normalized spacial score (nSPS) is 13.0. The van der Waals surface area contributed by atoms with Crippen LogP contribution in [0.2, 0.25) is 0 Å². The van der Waals surface area contributed by atoms with Crippen molar-refractivity contribution in [2.24, 2.45) is 0 Å². The van der Waals surface area contributed by atoms with Gasteiger partial charge in [-0.25, -0.2) is 0 Å². The SMILES string of the molecule is CC(CCc1ccccc1)NC(=O)C(C)Sc1ccc([N+](=O)[O-])cc1. The summed E-state index contributed by atoms with van der Waals surface area (Å²) in [5, 5.41) is 13.4. The summed E-state index contributed by atoms with van der Waals surface area (Å²) >= 11 is 1.39. The van der Waals surface area contributed by atoms with Gasteiger partial charge in [-0.2, -0.15) is 0 Å². The molecule has 0 heterocycles. The van der Waals surface area contributed by atoms with Crippen LogP contribution < -0.4 is 5.32 Å². The van der Waals surface area contributed by atoms with E-state index >= 15 is 0 Å². The highest BCUT2D eigenvalue weighted by Crippen LogP contribution is 2.25. The van der Waals surface area contributed by atoms with Gasteiger partial charge in [-0.1, -0.05) is 30.3 Å². The van der Waals surface area contributed by atoms with Gasteiger partial charge in [0.2, 0.25) is 5.91 Å². The number of thioether (sulfide) groups is 1. The summed E-state index contributed by atoms with van der Waals surface area (Å²) in [5.74, 6) is -0.0242. The van der Waals surface area contributed by atoms with Gasteiger partial charge in [-0.15, -0.1) is 11.8 Å². The van der Waals surface area contributed by atoms with E-state index in [-0.39, 0.29) is 22.9 Å². The molecule has 132 valence electrons. The summed E-state index contributed by atoms with van der Waals surface area (Å²) in [6.45, 7) is 3.84. The van der Waals surface area contributed by atoms with Gasteiger partial charge in [0.05, 0.1) is 10.2 Å². The third kappa shape index (κ3) is 6.23. The molecular weight excluding hydrogens is 336 g/mol. The molecule has 1 amide bonds. The van der Waals surface area contributed by atoms with Gasteiger partial charge in [0.25, 0.3) is 5.69 Å². The Balaban J connectivity index is 1.79. The molecule has 0 saturated carbocycles. The molecule has 25 heavy (non-hydrogen) atoms. The van der Waals surface area contributed by atoms with E-state index < -0.39 is 4.92 Å². The summed E-state index contributed by atoms with van der Waals surface area (Å²) in [6, 6.07) is 16.5. The van der Waals surface area contributed by atoms with Crippen molar-refractivity contribution in [1.82, 2.24) is 5.32 Å². The molecule has 2 unspecified atom stereocenters. The lowest BCUT2D eigenvalue weighted by molar-refractivity contribution is -0.384. The molecule has 0 aliphatic heterocycles. The molecule has 1 N–H and O–H groups in total. The maximum Gasteiger partial charge on any atom is 0.269 e. The van der Waals surface area contributed by atoms with Crippen LogP contribution in [0, 0.1) is 10.1 Å². The minimum Gasteiger partial charge on any atom is -0.353 e. The average molecular weight is 358 g/mol. The Bertz CT molecular complexity index is 704. The number of nitro benzene ring substituents is 1. The summed E-state index contributed by atoms with van der Waals surface area (Å²) < 4.78 is 0. The number of carbonyl (C=O) groups excluding carboxylic acids is 1. The molecule has 2 rings (SSSR count). The lowest BCUT2D eigenvalue weighted by Crippen LogP contribution is -2.37. The Kier molecular flexibility index (Phi) is 7.01. The lowest BCUT2D eigenvalue weighted by atomic mass is 10.1. The van der Waals surface area contributed by atoms with Crippen molar-refractivity contribution >= 4 is 23.4 Å².